The average molecular weight is 277 g/mol. The van der Waals surface area contributed by atoms with Crippen molar-refractivity contribution in [3.8, 4) is 5.75 Å². The molecule has 1 saturated carbocycles. The lowest BCUT2D eigenvalue weighted by atomic mass is 9.86. The molecule has 2 rings (SSSR count). The van der Waals surface area contributed by atoms with Gasteiger partial charge in [-0.25, -0.2) is 0 Å². The lowest BCUT2D eigenvalue weighted by molar-refractivity contribution is -0.142. The molecule has 1 aromatic carbocycles. The van der Waals surface area contributed by atoms with Gasteiger partial charge in [-0.3, -0.25) is 9.59 Å². The van der Waals surface area contributed by atoms with Crippen LogP contribution in [0.15, 0.2) is 18.2 Å². The van der Waals surface area contributed by atoms with Gasteiger partial charge in [0, 0.05) is 11.6 Å². The molecule has 1 aromatic rings. The molecule has 3 N–H and O–H groups in total. The first-order chi connectivity index (χ1) is 9.47. The summed E-state index contributed by atoms with van der Waals surface area (Å²) >= 11 is 0. The molecule has 5 heteroatoms. The van der Waals surface area contributed by atoms with E-state index in [1.807, 2.05) is 0 Å². The SMILES string of the molecule is Cc1ccc(C(=O)NC2CCC(C(=O)O)CC2)cc1O. The molecular formula is C15H19NO4. The Balaban J connectivity index is 1.92. The smallest absolute Gasteiger partial charge is 0.306 e. The number of nitrogens with one attached hydrogen (secondary N) is 1. The number of hydrogen-bond acceptors (Lipinski definition) is 3. The minimum Gasteiger partial charge on any atom is -0.508 e. The maximum atomic E-state index is 12.1. The van der Waals surface area contributed by atoms with Crippen molar-refractivity contribution < 1.29 is 19.8 Å². The summed E-state index contributed by atoms with van der Waals surface area (Å²) in [5.41, 5.74) is 1.15. The predicted molar refractivity (Wildman–Crippen MR) is 73.7 cm³/mol. The first-order valence-corrected chi connectivity index (χ1v) is 6.80. The third-order valence-corrected chi connectivity index (χ3v) is 3.88. The number of aliphatic carboxylic acids is 1. The summed E-state index contributed by atoms with van der Waals surface area (Å²) < 4.78 is 0. The number of aromatic hydroxyl groups is 1. The second-order valence-corrected chi connectivity index (χ2v) is 5.36. The minimum absolute atomic E-state index is 0.0153. The molecule has 1 aliphatic carbocycles. The summed E-state index contributed by atoms with van der Waals surface area (Å²) in [6, 6.07) is 4.84. The molecule has 1 fully saturated rings. The van der Waals surface area contributed by atoms with Crippen molar-refractivity contribution in [3.63, 3.8) is 0 Å². The Hall–Kier alpha value is -2.04. The van der Waals surface area contributed by atoms with Crippen LogP contribution in [0.4, 0.5) is 0 Å². The number of carbonyl (C=O) groups is 2. The third kappa shape index (κ3) is 3.29. The number of amides is 1. The van der Waals surface area contributed by atoms with Crippen LogP contribution in [-0.4, -0.2) is 28.1 Å². The van der Waals surface area contributed by atoms with Gasteiger partial charge >= 0.3 is 5.97 Å². The first-order valence-electron chi connectivity index (χ1n) is 6.80. The molecule has 0 aliphatic heterocycles. The number of benzene rings is 1. The van der Waals surface area contributed by atoms with Gasteiger partial charge in [0.25, 0.3) is 5.91 Å². The zero-order chi connectivity index (χ0) is 14.7. The molecule has 0 unspecified atom stereocenters. The number of carboxylic acids is 1. The van der Waals surface area contributed by atoms with Gasteiger partial charge in [0.1, 0.15) is 5.75 Å². The number of carbonyl (C=O) groups excluding carboxylic acids is 1. The van der Waals surface area contributed by atoms with E-state index < -0.39 is 5.97 Å². The number of aryl methyl sites for hydroxylation is 1. The molecule has 0 atom stereocenters. The minimum atomic E-state index is -0.752. The van der Waals surface area contributed by atoms with Crippen molar-refractivity contribution in [1.29, 1.82) is 0 Å². The van der Waals surface area contributed by atoms with Gasteiger partial charge in [-0.05, 0) is 50.3 Å². The lowest BCUT2D eigenvalue weighted by Gasteiger charge is -2.26. The fraction of sp³-hybridized carbons (Fsp3) is 0.467. The van der Waals surface area contributed by atoms with Crippen molar-refractivity contribution in [2.45, 2.75) is 38.6 Å². The quantitative estimate of drug-likeness (QED) is 0.789. The number of phenols is 1. The summed E-state index contributed by atoms with van der Waals surface area (Å²) in [5, 5.41) is 21.4. The first kappa shape index (κ1) is 14.4. The van der Waals surface area contributed by atoms with E-state index in [-0.39, 0.29) is 23.6 Å². The van der Waals surface area contributed by atoms with Crippen LogP contribution in [0.1, 0.15) is 41.6 Å². The second-order valence-electron chi connectivity index (χ2n) is 5.36. The summed E-state index contributed by atoms with van der Waals surface area (Å²) in [6.45, 7) is 1.77. The van der Waals surface area contributed by atoms with E-state index in [1.54, 1.807) is 19.1 Å². The van der Waals surface area contributed by atoms with Gasteiger partial charge in [-0.1, -0.05) is 6.07 Å². The molecule has 0 aromatic heterocycles. The molecule has 20 heavy (non-hydrogen) atoms. The Kier molecular flexibility index (Phi) is 4.27. The van der Waals surface area contributed by atoms with Gasteiger partial charge in [0.05, 0.1) is 5.92 Å². The molecule has 0 heterocycles. The summed E-state index contributed by atoms with van der Waals surface area (Å²) in [4.78, 5) is 22.9. The van der Waals surface area contributed by atoms with Crippen LogP contribution < -0.4 is 5.32 Å². The Morgan fingerprint density at radius 1 is 1.20 bits per heavy atom. The number of hydrogen-bond donors (Lipinski definition) is 3. The van der Waals surface area contributed by atoms with Crippen LogP contribution in [0.25, 0.3) is 0 Å². The maximum Gasteiger partial charge on any atom is 0.306 e. The van der Waals surface area contributed by atoms with Crippen molar-refractivity contribution >= 4 is 11.9 Å². The summed E-state index contributed by atoms with van der Waals surface area (Å²) in [7, 11) is 0. The lowest BCUT2D eigenvalue weighted by Crippen LogP contribution is -2.38. The molecule has 5 nitrogen and oxygen atoms in total. The van der Waals surface area contributed by atoms with Gasteiger partial charge < -0.3 is 15.5 Å². The van der Waals surface area contributed by atoms with Crippen LogP contribution in [-0.2, 0) is 4.79 Å². The normalized spacial score (nSPS) is 22.2. The molecular weight excluding hydrogens is 258 g/mol. The van der Waals surface area contributed by atoms with Gasteiger partial charge in [-0.15, -0.1) is 0 Å². The Morgan fingerprint density at radius 2 is 1.85 bits per heavy atom. The van der Waals surface area contributed by atoms with E-state index in [9.17, 15) is 14.7 Å². The predicted octanol–water partition coefficient (Wildman–Crippen LogP) is 2.07. The van der Waals surface area contributed by atoms with E-state index in [0.29, 0.717) is 31.2 Å². The van der Waals surface area contributed by atoms with E-state index in [2.05, 4.69) is 5.32 Å². The maximum absolute atomic E-state index is 12.1. The van der Waals surface area contributed by atoms with E-state index in [0.717, 1.165) is 5.56 Å². The van der Waals surface area contributed by atoms with Crippen LogP contribution in [0.2, 0.25) is 0 Å². The summed E-state index contributed by atoms with van der Waals surface area (Å²) in [5.74, 6) is -1.16. The fourth-order valence-electron chi connectivity index (χ4n) is 2.50. The van der Waals surface area contributed by atoms with Crippen molar-refractivity contribution in [3.05, 3.63) is 29.3 Å². The highest BCUT2D eigenvalue weighted by Gasteiger charge is 2.26. The molecule has 0 bridgehead atoms. The fourth-order valence-corrected chi connectivity index (χ4v) is 2.50. The topological polar surface area (TPSA) is 86.6 Å². The Labute approximate surface area is 117 Å². The number of carboxylic acid groups (broad SMARTS) is 1. The van der Waals surface area contributed by atoms with E-state index in [1.165, 1.54) is 6.07 Å². The Morgan fingerprint density at radius 3 is 2.40 bits per heavy atom. The van der Waals surface area contributed by atoms with E-state index in [4.69, 9.17) is 5.11 Å². The number of rotatable bonds is 3. The molecule has 108 valence electrons. The zero-order valence-electron chi connectivity index (χ0n) is 11.4. The highest BCUT2D eigenvalue weighted by molar-refractivity contribution is 5.94. The molecule has 0 radical (unpaired) electrons. The van der Waals surface area contributed by atoms with E-state index >= 15 is 0 Å². The van der Waals surface area contributed by atoms with Crippen LogP contribution >= 0.6 is 0 Å². The van der Waals surface area contributed by atoms with Crippen molar-refractivity contribution in [2.75, 3.05) is 0 Å². The zero-order valence-corrected chi connectivity index (χ0v) is 11.4. The van der Waals surface area contributed by atoms with Crippen molar-refractivity contribution in [2.24, 2.45) is 5.92 Å². The monoisotopic (exact) mass is 277 g/mol. The van der Waals surface area contributed by atoms with Gasteiger partial charge in [-0.2, -0.15) is 0 Å². The highest BCUT2D eigenvalue weighted by Crippen LogP contribution is 2.25. The molecule has 1 aliphatic rings. The molecule has 1 amide bonds. The highest BCUT2D eigenvalue weighted by atomic mass is 16.4. The summed E-state index contributed by atoms with van der Waals surface area (Å²) in [6.07, 6.45) is 2.56. The molecule has 0 spiro atoms. The van der Waals surface area contributed by atoms with Gasteiger partial charge in [0.2, 0.25) is 0 Å². The van der Waals surface area contributed by atoms with Gasteiger partial charge in [0.15, 0.2) is 0 Å². The van der Waals surface area contributed by atoms with Crippen LogP contribution in [0, 0.1) is 12.8 Å². The van der Waals surface area contributed by atoms with Crippen LogP contribution in [0.3, 0.4) is 0 Å². The third-order valence-electron chi connectivity index (χ3n) is 3.88. The largest absolute Gasteiger partial charge is 0.508 e. The average Bonchev–Trinajstić information content (AvgIpc) is 2.42. The number of phenolic OH excluding ortho intramolecular Hbond substituents is 1. The molecule has 0 saturated heterocycles. The second kappa shape index (κ2) is 5.94. The van der Waals surface area contributed by atoms with Crippen LogP contribution in [0.5, 0.6) is 5.75 Å². The standard InChI is InChI=1S/C15H19NO4/c1-9-2-3-11(8-13(9)17)14(18)16-12-6-4-10(5-7-12)15(19)20/h2-3,8,10,12,17H,4-7H2,1H3,(H,16,18)(H,19,20). The van der Waals surface area contributed by atoms with Crippen molar-refractivity contribution in [1.82, 2.24) is 5.32 Å². The Bertz CT molecular complexity index is 519.